The topological polar surface area (TPSA) is 84.1 Å². The lowest BCUT2D eigenvalue weighted by Gasteiger charge is -2.16. The van der Waals surface area contributed by atoms with Crippen molar-refractivity contribution in [3.05, 3.63) is 71.0 Å². The molecule has 6 nitrogen and oxygen atoms in total. The van der Waals surface area contributed by atoms with E-state index in [4.69, 9.17) is 14.7 Å². The number of aromatic nitrogens is 1. The number of hydrogen-bond acceptors (Lipinski definition) is 6. The number of fused-ring (bicyclic) bond motifs is 1. The number of ether oxygens (including phenoxy) is 1. The van der Waals surface area contributed by atoms with E-state index < -0.39 is 6.10 Å². The highest BCUT2D eigenvalue weighted by Crippen LogP contribution is 2.31. The Balaban J connectivity index is 2.08. The number of hydrogen-bond donors (Lipinski definition) is 1. The van der Waals surface area contributed by atoms with Gasteiger partial charge >= 0.3 is 5.97 Å². The van der Waals surface area contributed by atoms with Crippen LogP contribution in [0.2, 0.25) is 0 Å². The van der Waals surface area contributed by atoms with Crippen molar-refractivity contribution >= 4 is 39.0 Å². The van der Waals surface area contributed by atoms with Crippen molar-refractivity contribution in [2.24, 2.45) is 9.98 Å². The van der Waals surface area contributed by atoms with E-state index in [1.807, 2.05) is 36.4 Å². The SMILES string of the molecule is C=CC(O)CCC1=Nc2ccc(Br)cc2C(c2ccccn2)=N[C@H]1CCC(=O)OC. The Morgan fingerprint density at radius 1 is 1.37 bits per heavy atom. The molecule has 1 aliphatic heterocycles. The zero-order chi connectivity index (χ0) is 21.5. The van der Waals surface area contributed by atoms with Gasteiger partial charge in [-0.2, -0.15) is 0 Å². The standard InChI is InChI=1S/C23H24BrN3O3/c1-3-16(28)8-10-19-20(11-12-22(29)30-2)27-23(21-6-4-5-13-25-21)17-14-15(24)7-9-18(17)26-19/h3-7,9,13-14,16,20,28H,1,8,10-12H2,2H3/t16?,20-/m0/s1. The molecule has 0 aliphatic carbocycles. The zero-order valence-corrected chi connectivity index (χ0v) is 18.4. The van der Waals surface area contributed by atoms with E-state index in [0.717, 1.165) is 32.8 Å². The Morgan fingerprint density at radius 3 is 2.90 bits per heavy atom. The van der Waals surface area contributed by atoms with Gasteiger partial charge in [0.15, 0.2) is 0 Å². The Morgan fingerprint density at radius 2 is 2.20 bits per heavy atom. The molecule has 30 heavy (non-hydrogen) atoms. The second-order valence-electron chi connectivity index (χ2n) is 6.93. The summed E-state index contributed by atoms with van der Waals surface area (Å²) in [6.07, 6.45) is 4.32. The molecular weight excluding hydrogens is 446 g/mol. The van der Waals surface area contributed by atoms with Crippen LogP contribution in [-0.4, -0.2) is 46.7 Å². The summed E-state index contributed by atoms with van der Waals surface area (Å²) in [5.74, 6) is -0.292. The van der Waals surface area contributed by atoms with Crippen LogP contribution in [0.5, 0.6) is 0 Å². The number of aliphatic imine (C=N–C) groups is 2. The summed E-state index contributed by atoms with van der Waals surface area (Å²) in [6.45, 7) is 3.64. The predicted octanol–water partition coefficient (Wildman–Crippen LogP) is 4.42. The first-order valence-corrected chi connectivity index (χ1v) is 10.5. The third-order valence-electron chi connectivity index (χ3n) is 4.87. The van der Waals surface area contributed by atoms with E-state index >= 15 is 0 Å². The maximum atomic E-state index is 11.8. The van der Waals surface area contributed by atoms with Crippen LogP contribution in [0.3, 0.4) is 0 Å². The van der Waals surface area contributed by atoms with Gasteiger partial charge in [-0.1, -0.05) is 28.1 Å². The van der Waals surface area contributed by atoms with Gasteiger partial charge in [0.2, 0.25) is 0 Å². The quantitative estimate of drug-likeness (QED) is 0.458. The first-order valence-electron chi connectivity index (χ1n) is 9.76. The van der Waals surface area contributed by atoms with E-state index in [-0.39, 0.29) is 18.4 Å². The first kappa shape index (κ1) is 22.1. The highest BCUT2D eigenvalue weighted by molar-refractivity contribution is 9.10. The van der Waals surface area contributed by atoms with Crippen molar-refractivity contribution in [1.29, 1.82) is 0 Å². The van der Waals surface area contributed by atoms with Crippen LogP contribution in [0.4, 0.5) is 5.69 Å². The van der Waals surface area contributed by atoms with E-state index in [1.54, 1.807) is 6.20 Å². The number of aliphatic hydroxyl groups is 1. The number of esters is 1. The molecule has 0 bridgehead atoms. The Hall–Kier alpha value is -2.64. The lowest BCUT2D eigenvalue weighted by atomic mass is 10.00. The van der Waals surface area contributed by atoms with Gasteiger partial charge < -0.3 is 9.84 Å². The molecule has 0 amide bonds. The predicted molar refractivity (Wildman–Crippen MR) is 122 cm³/mol. The van der Waals surface area contributed by atoms with Crippen molar-refractivity contribution < 1.29 is 14.6 Å². The number of carbonyl (C=O) groups excluding carboxylic acids is 1. The smallest absolute Gasteiger partial charge is 0.305 e. The van der Waals surface area contributed by atoms with E-state index in [9.17, 15) is 9.90 Å². The summed E-state index contributed by atoms with van der Waals surface area (Å²) in [5.41, 5.74) is 3.93. The summed E-state index contributed by atoms with van der Waals surface area (Å²) >= 11 is 3.54. The third kappa shape index (κ3) is 5.49. The minimum absolute atomic E-state index is 0.225. The van der Waals surface area contributed by atoms with Gasteiger partial charge in [-0.15, -0.1) is 6.58 Å². The molecule has 3 rings (SSSR count). The molecule has 0 spiro atoms. The third-order valence-corrected chi connectivity index (χ3v) is 5.37. The van der Waals surface area contributed by atoms with Crippen molar-refractivity contribution in [2.45, 2.75) is 37.8 Å². The number of carbonyl (C=O) groups is 1. The van der Waals surface area contributed by atoms with Crippen LogP contribution in [0.1, 0.15) is 36.9 Å². The lowest BCUT2D eigenvalue weighted by Crippen LogP contribution is -2.23. The van der Waals surface area contributed by atoms with Gasteiger partial charge in [0, 0.05) is 28.4 Å². The Labute approximate surface area is 184 Å². The zero-order valence-electron chi connectivity index (χ0n) is 16.8. The summed E-state index contributed by atoms with van der Waals surface area (Å²) in [6, 6.07) is 11.2. The monoisotopic (exact) mass is 469 g/mol. The normalized spacial score (nSPS) is 16.6. The number of benzene rings is 1. The molecule has 1 aromatic heterocycles. The van der Waals surface area contributed by atoms with Gasteiger partial charge in [0.25, 0.3) is 0 Å². The summed E-state index contributed by atoms with van der Waals surface area (Å²) in [7, 11) is 1.38. The molecule has 156 valence electrons. The first-order chi connectivity index (χ1) is 14.5. The van der Waals surface area contributed by atoms with Gasteiger partial charge in [0.05, 0.1) is 36.3 Å². The van der Waals surface area contributed by atoms with Gasteiger partial charge in [-0.05, 0) is 49.6 Å². The molecule has 2 heterocycles. The Kier molecular flexibility index (Phi) is 7.65. The fraction of sp³-hybridized carbons (Fsp3) is 0.304. The number of methoxy groups -OCH3 is 1. The average Bonchev–Trinajstić information content (AvgIpc) is 2.92. The molecule has 1 unspecified atom stereocenters. The number of halogens is 1. The number of pyridine rings is 1. The fourth-order valence-corrected chi connectivity index (χ4v) is 3.62. The minimum atomic E-state index is -0.624. The molecular formula is C23H24BrN3O3. The van der Waals surface area contributed by atoms with Crippen LogP contribution in [0, 0.1) is 0 Å². The second-order valence-corrected chi connectivity index (χ2v) is 7.85. The maximum absolute atomic E-state index is 11.8. The van der Waals surface area contributed by atoms with Gasteiger partial charge in [-0.3, -0.25) is 19.8 Å². The van der Waals surface area contributed by atoms with Crippen molar-refractivity contribution in [3.63, 3.8) is 0 Å². The molecule has 1 aromatic carbocycles. The second kappa shape index (κ2) is 10.4. The van der Waals surface area contributed by atoms with E-state index in [1.165, 1.54) is 13.2 Å². The molecule has 0 fully saturated rings. The molecule has 1 N–H and O–H groups in total. The van der Waals surface area contributed by atoms with E-state index in [2.05, 4.69) is 27.5 Å². The van der Waals surface area contributed by atoms with Gasteiger partial charge in [-0.25, -0.2) is 0 Å². The van der Waals surface area contributed by atoms with Crippen LogP contribution in [-0.2, 0) is 9.53 Å². The molecule has 1 aliphatic rings. The average molecular weight is 470 g/mol. The highest BCUT2D eigenvalue weighted by Gasteiger charge is 2.25. The summed E-state index contributed by atoms with van der Waals surface area (Å²) < 4.78 is 5.73. The van der Waals surface area contributed by atoms with Crippen LogP contribution in [0.15, 0.2) is 69.7 Å². The number of rotatable bonds is 8. The van der Waals surface area contributed by atoms with Crippen molar-refractivity contribution in [3.8, 4) is 0 Å². The van der Waals surface area contributed by atoms with Crippen molar-refractivity contribution in [1.82, 2.24) is 4.98 Å². The number of aliphatic hydroxyl groups excluding tert-OH is 1. The molecule has 0 saturated carbocycles. The summed E-state index contributed by atoms with van der Waals surface area (Å²) in [5, 5.41) is 9.96. The molecule has 2 aromatic rings. The Bertz CT molecular complexity index is 973. The molecule has 0 radical (unpaired) electrons. The summed E-state index contributed by atoms with van der Waals surface area (Å²) in [4.78, 5) is 26.2. The van der Waals surface area contributed by atoms with E-state index in [0.29, 0.717) is 19.3 Å². The lowest BCUT2D eigenvalue weighted by molar-refractivity contribution is -0.140. The minimum Gasteiger partial charge on any atom is -0.469 e. The number of nitrogens with zero attached hydrogens (tertiary/aromatic N) is 3. The molecule has 7 heteroatoms. The van der Waals surface area contributed by atoms with Gasteiger partial charge in [0.1, 0.15) is 0 Å². The highest BCUT2D eigenvalue weighted by atomic mass is 79.9. The van der Waals surface area contributed by atoms with Crippen LogP contribution >= 0.6 is 15.9 Å². The van der Waals surface area contributed by atoms with Crippen LogP contribution in [0.25, 0.3) is 0 Å². The van der Waals surface area contributed by atoms with Crippen molar-refractivity contribution in [2.75, 3.05) is 7.11 Å². The largest absolute Gasteiger partial charge is 0.469 e. The van der Waals surface area contributed by atoms with Crippen LogP contribution < -0.4 is 0 Å². The maximum Gasteiger partial charge on any atom is 0.305 e. The fourth-order valence-electron chi connectivity index (χ4n) is 3.26. The molecule has 0 saturated heterocycles. The molecule has 2 atom stereocenters.